The highest BCUT2D eigenvalue weighted by Crippen LogP contribution is 2.32. The molecular formula is C24H17Cl2F3O3. The molecule has 0 radical (unpaired) electrons. The Hall–Kier alpha value is -2.96. The van der Waals surface area contributed by atoms with Gasteiger partial charge in [0.1, 0.15) is 18.1 Å². The van der Waals surface area contributed by atoms with Crippen molar-refractivity contribution in [1.29, 1.82) is 0 Å². The first-order valence-electron chi connectivity index (χ1n) is 9.32. The number of rotatable bonds is 7. The molecule has 0 aliphatic heterocycles. The number of allylic oxidation sites excluding steroid dienone is 1. The van der Waals surface area contributed by atoms with E-state index in [0.717, 1.165) is 12.1 Å². The van der Waals surface area contributed by atoms with E-state index >= 15 is 0 Å². The summed E-state index contributed by atoms with van der Waals surface area (Å²) in [4.78, 5) is 12.4. The molecule has 3 rings (SSSR count). The summed E-state index contributed by atoms with van der Waals surface area (Å²) < 4.78 is 49.5. The van der Waals surface area contributed by atoms with Gasteiger partial charge in [-0.2, -0.15) is 13.2 Å². The Kier molecular flexibility index (Phi) is 7.48. The fourth-order valence-electron chi connectivity index (χ4n) is 2.86. The molecule has 0 saturated heterocycles. The fraction of sp³-hybridized carbons (Fsp3) is 0.125. The van der Waals surface area contributed by atoms with Gasteiger partial charge in [0, 0.05) is 11.1 Å². The van der Waals surface area contributed by atoms with Crippen molar-refractivity contribution in [1.82, 2.24) is 0 Å². The van der Waals surface area contributed by atoms with E-state index in [0.29, 0.717) is 27.5 Å². The maximum Gasteiger partial charge on any atom is 0.416 e. The monoisotopic (exact) mass is 480 g/mol. The number of hydrogen-bond acceptors (Lipinski definition) is 3. The van der Waals surface area contributed by atoms with E-state index in [-0.39, 0.29) is 23.2 Å². The molecule has 0 amide bonds. The van der Waals surface area contributed by atoms with Crippen molar-refractivity contribution < 1.29 is 27.4 Å². The average molecular weight is 481 g/mol. The van der Waals surface area contributed by atoms with Gasteiger partial charge in [-0.05, 0) is 60.2 Å². The smallest absolute Gasteiger partial charge is 0.416 e. The second-order valence-corrected chi connectivity index (χ2v) is 7.53. The highest BCUT2D eigenvalue weighted by Gasteiger charge is 2.30. The van der Waals surface area contributed by atoms with Gasteiger partial charge in [0.2, 0.25) is 0 Å². The lowest BCUT2D eigenvalue weighted by atomic mass is 10.1. The molecule has 8 heteroatoms. The maximum atomic E-state index is 12.9. The van der Waals surface area contributed by atoms with Gasteiger partial charge in [0.05, 0.1) is 22.7 Å². The molecule has 3 aromatic rings. The number of hydrogen-bond donors (Lipinski definition) is 0. The number of carbonyl (C=O) groups excluding carboxylic acids is 1. The number of ether oxygens (including phenoxy) is 2. The molecule has 166 valence electrons. The third-order valence-electron chi connectivity index (χ3n) is 4.49. The molecule has 0 fully saturated rings. The zero-order valence-electron chi connectivity index (χ0n) is 16.7. The average Bonchev–Trinajstić information content (AvgIpc) is 2.77. The van der Waals surface area contributed by atoms with Crippen molar-refractivity contribution in [3.05, 3.63) is 99.0 Å². The molecule has 0 saturated carbocycles. The molecule has 3 nitrogen and oxygen atoms in total. The molecule has 0 unspecified atom stereocenters. The number of benzene rings is 3. The van der Waals surface area contributed by atoms with Crippen LogP contribution in [0.15, 0.2) is 66.7 Å². The summed E-state index contributed by atoms with van der Waals surface area (Å²) in [7, 11) is 1.48. The molecule has 0 aliphatic rings. The number of alkyl halides is 3. The second-order valence-electron chi connectivity index (χ2n) is 6.71. The minimum absolute atomic E-state index is 0.0209. The molecule has 0 heterocycles. The van der Waals surface area contributed by atoms with Crippen molar-refractivity contribution in [2.75, 3.05) is 7.11 Å². The Morgan fingerprint density at radius 2 is 1.78 bits per heavy atom. The van der Waals surface area contributed by atoms with Crippen molar-refractivity contribution in [3.8, 4) is 11.5 Å². The Bertz CT molecular complexity index is 1160. The quantitative estimate of drug-likeness (QED) is 0.259. The SMILES string of the molecule is COc1ccc(/C=C/C(=O)c2ccc(Cl)c(Cl)c2)cc1COc1cccc(C(F)(F)F)c1. The normalized spacial score (nSPS) is 11.6. The standard InChI is InChI=1S/C24H17Cl2F3O3/c1-31-23-10-6-15(5-9-22(30)16-7-8-20(25)21(26)12-16)11-17(23)14-32-19-4-2-3-18(13-19)24(27,28)29/h2-13H,14H2,1H3/b9-5+. The van der Waals surface area contributed by atoms with Gasteiger partial charge < -0.3 is 9.47 Å². The van der Waals surface area contributed by atoms with Gasteiger partial charge in [0.15, 0.2) is 5.78 Å². The molecule has 0 aliphatic carbocycles. The van der Waals surface area contributed by atoms with Crippen LogP contribution >= 0.6 is 23.2 Å². The first-order chi connectivity index (χ1) is 15.2. The molecule has 0 N–H and O–H groups in total. The van der Waals surface area contributed by atoms with Crippen LogP contribution < -0.4 is 9.47 Å². The number of carbonyl (C=O) groups is 1. The summed E-state index contributed by atoms with van der Waals surface area (Å²) in [6.07, 6.45) is -1.46. The van der Waals surface area contributed by atoms with Crippen LogP contribution in [0.2, 0.25) is 10.0 Å². The second kappa shape index (κ2) is 10.1. The molecule has 0 atom stereocenters. The molecule has 3 aromatic carbocycles. The van der Waals surface area contributed by atoms with Gasteiger partial charge in [-0.15, -0.1) is 0 Å². The molecule has 32 heavy (non-hydrogen) atoms. The van der Waals surface area contributed by atoms with E-state index in [2.05, 4.69) is 0 Å². The number of halogens is 5. The van der Waals surface area contributed by atoms with E-state index in [9.17, 15) is 18.0 Å². The van der Waals surface area contributed by atoms with E-state index in [1.165, 1.54) is 31.4 Å². The van der Waals surface area contributed by atoms with Crippen LogP contribution in [0.4, 0.5) is 13.2 Å². The highest BCUT2D eigenvalue weighted by atomic mass is 35.5. The van der Waals surface area contributed by atoms with E-state index in [1.54, 1.807) is 36.4 Å². The first kappa shape index (κ1) is 23.7. The van der Waals surface area contributed by atoms with Crippen molar-refractivity contribution in [2.45, 2.75) is 12.8 Å². The highest BCUT2D eigenvalue weighted by molar-refractivity contribution is 6.42. The van der Waals surface area contributed by atoms with Crippen molar-refractivity contribution >= 4 is 35.1 Å². The minimum Gasteiger partial charge on any atom is -0.496 e. The number of methoxy groups -OCH3 is 1. The third-order valence-corrected chi connectivity index (χ3v) is 5.23. The Balaban J connectivity index is 1.76. The lowest BCUT2D eigenvalue weighted by Gasteiger charge is -2.13. The zero-order chi connectivity index (χ0) is 23.3. The minimum atomic E-state index is -4.46. The summed E-state index contributed by atoms with van der Waals surface area (Å²) in [5.41, 5.74) is 0.882. The van der Waals surface area contributed by atoms with E-state index < -0.39 is 11.7 Å². The molecular weight excluding hydrogens is 464 g/mol. The topological polar surface area (TPSA) is 35.5 Å². The van der Waals surface area contributed by atoms with Crippen LogP contribution in [0, 0.1) is 0 Å². The summed E-state index contributed by atoms with van der Waals surface area (Å²) in [6.45, 7) is -0.0209. The van der Waals surface area contributed by atoms with Crippen molar-refractivity contribution in [2.24, 2.45) is 0 Å². The zero-order valence-corrected chi connectivity index (χ0v) is 18.3. The lowest BCUT2D eigenvalue weighted by Crippen LogP contribution is -2.05. The van der Waals surface area contributed by atoms with Crippen LogP contribution in [0.25, 0.3) is 6.08 Å². The fourth-order valence-corrected chi connectivity index (χ4v) is 3.15. The predicted octanol–water partition coefficient (Wildman–Crippen LogP) is 7.50. The largest absolute Gasteiger partial charge is 0.496 e. The summed E-state index contributed by atoms with van der Waals surface area (Å²) >= 11 is 11.8. The van der Waals surface area contributed by atoms with Crippen molar-refractivity contribution in [3.63, 3.8) is 0 Å². The van der Waals surface area contributed by atoms with Crippen LogP contribution in [-0.4, -0.2) is 12.9 Å². The molecule has 0 spiro atoms. The van der Waals surface area contributed by atoms with Crippen LogP contribution in [0.1, 0.15) is 27.0 Å². The van der Waals surface area contributed by atoms with E-state index in [1.807, 2.05) is 0 Å². The third kappa shape index (κ3) is 6.05. The van der Waals surface area contributed by atoms with Gasteiger partial charge in [0.25, 0.3) is 0 Å². The Morgan fingerprint density at radius 1 is 1.00 bits per heavy atom. The number of ketones is 1. The van der Waals surface area contributed by atoms with E-state index in [4.69, 9.17) is 32.7 Å². The predicted molar refractivity (Wildman–Crippen MR) is 119 cm³/mol. The van der Waals surface area contributed by atoms with Gasteiger partial charge >= 0.3 is 6.18 Å². The van der Waals surface area contributed by atoms with Gasteiger partial charge in [-0.3, -0.25) is 4.79 Å². The maximum absolute atomic E-state index is 12.9. The molecule has 0 aromatic heterocycles. The lowest BCUT2D eigenvalue weighted by molar-refractivity contribution is -0.137. The summed E-state index contributed by atoms with van der Waals surface area (Å²) in [5.74, 6) is 0.323. The molecule has 0 bridgehead atoms. The first-order valence-corrected chi connectivity index (χ1v) is 10.1. The van der Waals surface area contributed by atoms with Gasteiger partial charge in [-0.1, -0.05) is 41.4 Å². The van der Waals surface area contributed by atoms with Crippen LogP contribution in [0.5, 0.6) is 11.5 Å². The Morgan fingerprint density at radius 3 is 2.47 bits per heavy atom. The summed E-state index contributed by atoms with van der Waals surface area (Å²) in [6, 6.07) is 14.4. The van der Waals surface area contributed by atoms with Crippen LogP contribution in [0.3, 0.4) is 0 Å². The van der Waals surface area contributed by atoms with Gasteiger partial charge in [-0.25, -0.2) is 0 Å². The summed E-state index contributed by atoms with van der Waals surface area (Å²) in [5, 5.41) is 0.636. The van der Waals surface area contributed by atoms with Crippen LogP contribution in [-0.2, 0) is 12.8 Å². The Labute approximate surface area is 193 Å².